The number of amides is 2. The molecule has 8 nitrogen and oxygen atoms in total. The van der Waals surface area contributed by atoms with Crippen LogP contribution in [0.4, 0.5) is 10.5 Å². The quantitative estimate of drug-likeness (QED) is 0.277. The number of aromatic nitrogens is 3. The van der Waals surface area contributed by atoms with Gasteiger partial charge in [-0.15, -0.1) is 0 Å². The van der Waals surface area contributed by atoms with Gasteiger partial charge in [0.1, 0.15) is 6.07 Å². The number of benzene rings is 1. The topological polar surface area (TPSA) is 116 Å². The zero-order chi connectivity index (χ0) is 30.4. The van der Waals surface area contributed by atoms with Crippen molar-refractivity contribution >= 4 is 22.6 Å². The highest BCUT2D eigenvalue weighted by molar-refractivity contribution is 5.95. The monoisotopic (exact) mass is 580 g/mol. The van der Waals surface area contributed by atoms with Crippen molar-refractivity contribution in [3.8, 4) is 6.07 Å². The Kier molecular flexibility index (Phi) is 7.80. The lowest BCUT2D eigenvalue weighted by atomic mass is 9.43. The van der Waals surface area contributed by atoms with E-state index in [0.29, 0.717) is 42.1 Å². The van der Waals surface area contributed by atoms with Crippen molar-refractivity contribution in [2.24, 2.45) is 28.6 Å². The average Bonchev–Trinajstić information content (AvgIpc) is 3.33. The maximum atomic E-state index is 12.9. The highest BCUT2D eigenvalue weighted by Gasteiger charge is 2.58. The predicted molar refractivity (Wildman–Crippen MR) is 168 cm³/mol. The van der Waals surface area contributed by atoms with Crippen molar-refractivity contribution in [2.45, 2.75) is 85.3 Å². The van der Waals surface area contributed by atoms with E-state index in [1.807, 2.05) is 29.0 Å². The molecule has 2 amide bonds. The number of rotatable bonds is 6. The van der Waals surface area contributed by atoms with Gasteiger partial charge in [0, 0.05) is 41.7 Å². The van der Waals surface area contributed by atoms with Gasteiger partial charge in [-0.25, -0.2) is 4.79 Å². The zero-order valence-corrected chi connectivity index (χ0v) is 25.9. The fourth-order valence-electron chi connectivity index (χ4n) is 9.09. The van der Waals surface area contributed by atoms with E-state index in [2.05, 4.69) is 54.4 Å². The molecule has 3 aliphatic rings. The van der Waals surface area contributed by atoms with Crippen LogP contribution >= 0.6 is 0 Å². The van der Waals surface area contributed by atoms with Crippen LogP contribution in [-0.4, -0.2) is 38.3 Å². The maximum Gasteiger partial charge on any atom is 0.319 e. The van der Waals surface area contributed by atoms with Crippen LogP contribution in [0.2, 0.25) is 0 Å². The van der Waals surface area contributed by atoms with Crippen molar-refractivity contribution in [3.05, 3.63) is 65.4 Å². The maximum absolute atomic E-state index is 12.9. The fraction of sp³-hybridized carbons (Fsp3) is 0.543. The number of nitrogens with zero attached hydrogens (tertiary/aromatic N) is 4. The van der Waals surface area contributed by atoms with Gasteiger partial charge in [-0.1, -0.05) is 31.9 Å². The van der Waals surface area contributed by atoms with Crippen molar-refractivity contribution < 1.29 is 9.90 Å². The van der Waals surface area contributed by atoms with Crippen LogP contribution in [0.25, 0.3) is 10.9 Å². The number of urea groups is 1. The van der Waals surface area contributed by atoms with Crippen molar-refractivity contribution in [1.29, 1.82) is 5.26 Å². The summed E-state index contributed by atoms with van der Waals surface area (Å²) in [5, 5.41) is 27.4. The number of allylic oxidation sites excluding steroid dienone is 1. The third kappa shape index (κ3) is 5.33. The van der Waals surface area contributed by atoms with Crippen LogP contribution < -0.4 is 10.6 Å². The summed E-state index contributed by atoms with van der Waals surface area (Å²) in [5.74, 6) is 1.77. The number of hydrogen-bond donors (Lipinski definition) is 3. The van der Waals surface area contributed by atoms with Crippen LogP contribution in [0.1, 0.15) is 83.9 Å². The minimum atomic E-state index is -0.235. The van der Waals surface area contributed by atoms with Crippen molar-refractivity contribution in [2.75, 3.05) is 11.9 Å². The minimum absolute atomic E-state index is 0.0375. The van der Waals surface area contributed by atoms with Gasteiger partial charge in [0.2, 0.25) is 0 Å². The summed E-state index contributed by atoms with van der Waals surface area (Å²) in [4.78, 5) is 21.4. The normalized spacial score (nSPS) is 28.1. The number of nitriles is 1. The zero-order valence-electron chi connectivity index (χ0n) is 25.9. The van der Waals surface area contributed by atoms with E-state index < -0.39 is 0 Å². The van der Waals surface area contributed by atoms with Gasteiger partial charge in [0.15, 0.2) is 0 Å². The predicted octanol–water partition coefficient (Wildman–Crippen LogP) is 6.80. The minimum Gasteiger partial charge on any atom is -0.393 e. The Labute approximate surface area is 254 Å². The van der Waals surface area contributed by atoms with Gasteiger partial charge in [-0.2, -0.15) is 5.26 Å². The summed E-state index contributed by atoms with van der Waals surface area (Å²) < 4.78 is 1.99. The van der Waals surface area contributed by atoms with Crippen LogP contribution in [0, 0.1) is 39.9 Å². The molecule has 0 saturated heterocycles. The Hall–Kier alpha value is -3.70. The molecular weight excluding hydrogens is 536 g/mol. The van der Waals surface area contributed by atoms with Gasteiger partial charge in [0.25, 0.3) is 0 Å². The number of carbonyl (C=O) groups is 1. The molecule has 8 heteroatoms. The molecule has 2 fully saturated rings. The first-order chi connectivity index (χ1) is 20.6. The van der Waals surface area contributed by atoms with E-state index >= 15 is 0 Å². The average molecular weight is 581 g/mol. The van der Waals surface area contributed by atoms with Gasteiger partial charge in [0.05, 0.1) is 30.1 Å². The summed E-state index contributed by atoms with van der Waals surface area (Å²) in [7, 11) is 0. The number of hydrogen-bond acceptors (Lipinski definition) is 5. The number of nitrogens with one attached hydrogen (secondary N) is 2. The molecule has 0 aliphatic heterocycles. The van der Waals surface area contributed by atoms with E-state index in [9.17, 15) is 15.2 Å². The number of anilines is 1. The standard InChI is InChI=1S/C35H44N6O2/c1-22-5-8-29-27(7-10-31-34(2,3)32(42)11-13-35(29,31)4)26(22)12-14-39-33(43)40-24-6-9-30-28(17-24)23(18-36)20-41(30)21-25-19-37-15-16-38-25/h6,9,15-17,19-20,27,29,31-32,42H,5,7-8,10-14,21H2,1-4H3,(H2,39,40,43)/t27-,29-,31-,32-,35+/m0/s1. The molecule has 2 aromatic heterocycles. The molecule has 0 radical (unpaired) electrons. The molecule has 43 heavy (non-hydrogen) atoms. The van der Waals surface area contributed by atoms with Gasteiger partial charge >= 0.3 is 6.03 Å². The molecule has 6 rings (SSSR count). The number of aliphatic hydroxyl groups is 1. The summed E-state index contributed by atoms with van der Waals surface area (Å²) in [6.07, 6.45) is 14.2. The highest BCUT2D eigenvalue weighted by Crippen LogP contribution is 2.64. The molecule has 3 aromatic rings. The molecule has 3 N–H and O–H groups in total. The molecule has 226 valence electrons. The lowest BCUT2D eigenvalue weighted by molar-refractivity contribution is -0.149. The third-order valence-electron chi connectivity index (χ3n) is 11.3. The molecule has 0 bridgehead atoms. The van der Waals surface area contributed by atoms with Gasteiger partial charge in [-0.3, -0.25) is 9.97 Å². The van der Waals surface area contributed by atoms with E-state index in [-0.39, 0.29) is 23.0 Å². The molecule has 0 spiro atoms. The summed E-state index contributed by atoms with van der Waals surface area (Å²) in [6, 6.07) is 7.71. The Balaban J connectivity index is 1.09. The second-order valence-electron chi connectivity index (χ2n) is 13.9. The molecule has 2 saturated carbocycles. The second kappa shape index (κ2) is 11.4. The van der Waals surface area contributed by atoms with Crippen LogP contribution in [0.5, 0.6) is 0 Å². The summed E-state index contributed by atoms with van der Waals surface area (Å²) in [5.41, 5.74) is 6.19. The van der Waals surface area contributed by atoms with Crippen LogP contribution in [0.15, 0.2) is 54.1 Å². The van der Waals surface area contributed by atoms with E-state index in [4.69, 9.17) is 0 Å². The molecular formula is C35H44N6O2. The summed E-state index contributed by atoms with van der Waals surface area (Å²) in [6.45, 7) is 10.4. The molecule has 0 unspecified atom stereocenters. The number of fused-ring (bicyclic) bond motifs is 4. The Morgan fingerprint density at radius 2 is 2.02 bits per heavy atom. The third-order valence-corrected chi connectivity index (χ3v) is 11.3. The number of aliphatic hydroxyl groups excluding tert-OH is 1. The van der Waals surface area contributed by atoms with E-state index in [0.717, 1.165) is 42.3 Å². The molecule has 3 aliphatic carbocycles. The lowest BCUT2D eigenvalue weighted by Gasteiger charge is -2.62. The first kappa shape index (κ1) is 29.4. The first-order valence-corrected chi connectivity index (χ1v) is 15.8. The van der Waals surface area contributed by atoms with Gasteiger partial charge < -0.3 is 20.3 Å². The Morgan fingerprint density at radius 1 is 1.19 bits per heavy atom. The molecule has 2 heterocycles. The van der Waals surface area contributed by atoms with E-state index in [1.54, 1.807) is 24.2 Å². The fourth-order valence-corrected chi connectivity index (χ4v) is 9.09. The van der Waals surface area contributed by atoms with Crippen LogP contribution in [-0.2, 0) is 6.54 Å². The second-order valence-corrected chi connectivity index (χ2v) is 13.9. The molecule has 5 atom stereocenters. The van der Waals surface area contributed by atoms with E-state index in [1.165, 1.54) is 24.8 Å². The van der Waals surface area contributed by atoms with Crippen molar-refractivity contribution in [1.82, 2.24) is 19.9 Å². The van der Waals surface area contributed by atoms with Crippen LogP contribution in [0.3, 0.4) is 0 Å². The first-order valence-electron chi connectivity index (χ1n) is 15.8. The lowest BCUT2D eigenvalue weighted by Crippen LogP contribution is -2.57. The number of carbonyl (C=O) groups excluding carboxylic acids is 1. The van der Waals surface area contributed by atoms with Gasteiger partial charge in [-0.05, 0) is 98.7 Å². The Morgan fingerprint density at radius 3 is 2.79 bits per heavy atom. The SMILES string of the molecule is CC1=C(CCNC(=O)Nc2ccc3c(c2)c(C#N)cn3Cc2cnccn2)[C@@H]2CC[C@H]3C(C)(C)[C@@H](O)CC[C@]3(C)[C@H]2CC1. The molecule has 1 aromatic carbocycles. The summed E-state index contributed by atoms with van der Waals surface area (Å²) >= 11 is 0. The van der Waals surface area contributed by atoms with Crippen molar-refractivity contribution in [3.63, 3.8) is 0 Å². The Bertz CT molecular complexity index is 1580. The smallest absolute Gasteiger partial charge is 0.319 e. The highest BCUT2D eigenvalue weighted by atomic mass is 16.3. The largest absolute Gasteiger partial charge is 0.393 e.